The molecule has 7 nitrogen and oxygen atoms in total. The predicted molar refractivity (Wildman–Crippen MR) is 116 cm³/mol. The third kappa shape index (κ3) is 5.93. The fourth-order valence-corrected chi connectivity index (χ4v) is 4.11. The van der Waals surface area contributed by atoms with Crippen LogP contribution in [-0.2, 0) is 22.9 Å². The molecule has 0 unspecified atom stereocenters. The zero-order valence-electron chi connectivity index (χ0n) is 18.0. The van der Waals surface area contributed by atoms with Crippen molar-refractivity contribution in [3.63, 3.8) is 0 Å². The summed E-state index contributed by atoms with van der Waals surface area (Å²) in [5, 5.41) is 6.51. The van der Waals surface area contributed by atoms with Crippen LogP contribution < -0.4 is 15.4 Å². The molecule has 0 saturated carbocycles. The lowest BCUT2D eigenvalue weighted by atomic mass is 10.1. The number of benzene rings is 1. The number of hydrogen-bond donors (Lipinski definition) is 2. The van der Waals surface area contributed by atoms with Crippen molar-refractivity contribution < 1.29 is 13.2 Å². The number of nitrogens with one attached hydrogen (secondary N) is 2. The highest BCUT2D eigenvalue weighted by Gasteiger charge is 2.12. The van der Waals surface area contributed by atoms with Gasteiger partial charge in [0, 0.05) is 30.1 Å². The quantitative estimate of drug-likeness (QED) is 0.530. The van der Waals surface area contributed by atoms with Crippen LogP contribution in [-0.4, -0.2) is 39.3 Å². The standard InChI is InChI=1S/C21H30N4O3S/c1-7-22-21(25-13-18-16(4)20(28-5)15(3)11-23-18)24-12-17-8-9-19(14(2)10-17)29(6,26)27/h8-11H,7,12-13H2,1-6H3,(H2,22,24,25). The first kappa shape index (κ1) is 22.7. The number of methoxy groups -OCH3 is 1. The monoisotopic (exact) mass is 418 g/mol. The third-order valence-electron chi connectivity index (χ3n) is 4.58. The summed E-state index contributed by atoms with van der Waals surface area (Å²) < 4.78 is 29.0. The Morgan fingerprint density at radius 2 is 1.90 bits per heavy atom. The zero-order chi connectivity index (χ0) is 21.6. The van der Waals surface area contributed by atoms with Gasteiger partial charge in [-0.3, -0.25) is 4.98 Å². The van der Waals surface area contributed by atoms with Gasteiger partial charge < -0.3 is 15.4 Å². The number of guanidine groups is 1. The maximum Gasteiger partial charge on any atom is 0.191 e. The fourth-order valence-electron chi connectivity index (χ4n) is 3.15. The van der Waals surface area contributed by atoms with E-state index in [-0.39, 0.29) is 0 Å². The van der Waals surface area contributed by atoms with Gasteiger partial charge in [0.1, 0.15) is 5.75 Å². The minimum absolute atomic E-state index is 0.352. The van der Waals surface area contributed by atoms with E-state index in [1.165, 1.54) is 6.26 Å². The minimum Gasteiger partial charge on any atom is -0.496 e. The van der Waals surface area contributed by atoms with Crippen LogP contribution in [0, 0.1) is 20.8 Å². The molecule has 8 heteroatoms. The van der Waals surface area contributed by atoms with E-state index >= 15 is 0 Å². The number of aromatic nitrogens is 1. The van der Waals surface area contributed by atoms with Crippen LogP contribution in [0.15, 0.2) is 34.3 Å². The molecule has 1 aromatic carbocycles. The van der Waals surface area contributed by atoms with Gasteiger partial charge in [0.15, 0.2) is 15.8 Å². The second-order valence-electron chi connectivity index (χ2n) is 6.97. The van der Waals surface area contributed by atoms with Gasteiger partial charge >= 0.3 is 0 Å². The molecule has 2 N–H and O–H groups in total. The molecule has 0 spiro atoms. The summed E-state index contributed by atoms with van der Waals surface area (Å²) >= 11 is 0. The van der Waals surface area contributed by atoms with Gasteiger partial charge in [-0.25, -0.2) is 13.4 Å². The maximum absolute atomic E-state index is 11.8. The Balaban J connectivity index is 2.14. The number of rotatable bonds is 7. The van der Waals surface area contributed by atoms with Crippen molar-refractivity contribution in [2.45, 2.75) is 45.7 Å². The highest BCUT2D eigenvalue weighted by Crippen LogP contribution is 2.23. The van der Waals surface area contributed by atoms with Crippen LogP contribution in [0.2, 0.25) is 0 Å². The van der Waals surface area contributed by atoms with E-state index in [9.17, 15) is 8.42 Å². The lowest BCUT2D eigenvalue weighted by Gasteiger charge is -2.15. The van der Waals surface area contributed by atoms with Gasteiger partial charge in [-0.05, 0) is 44.9 Å². The third-order valence-corrected chi connectivity index (χ3v) is 5.83. The minimum atomic E-state index is -3.22. The number of ether oxygens (including phenoxy) is 1. The lowest BCUT2D eigenvalue weighted by molar-refractivity contribution is 0.406. The maximum atomic E-state index is 11.8. The van der Waals surface area contributed by atoms with Crippen molar-refractivity contribution in [3.05, 3.63) is 52.3 Å². The summed E-state index contributed by atoms with van der Waals surface area (Å²) in [4.78, 5) is 9.46. The van der Waals surface area contributed by atoms with Crippen LogP contribution >= 0.6 is 0 Å². The molecule has 158 valence electrons. The first-order valence-electron chi connectivity index (χ1n) is 9.48. The van der Waals surface area contributed by atoms with E-state index in [0.717, 1.165) is 40.2 Å². The highest BCUT2D eigenvalue weighted by molar-refractivity contribution is 7.90. The number of sulfone groups is 1. The van der Waals surface area contributed by atoms with Gasteiger partial charge in [0.25, 0.3) is 0 Å². The van der Waals surface area contributed by atoms with E-state index < -0.39 is 9.84 Å². The molecule has 0 saturated heterocycles. The van der Waals surface area contributed by atoms with E-state index in [2.05, 4.69) is 20.6 Å². The Labute approximate surface area is 173 Å². The van der Waals surface area contributed by atoms with Crippen molar-refractivity contribution in [1.82, 2.24) is 15.6 Å². The summed E-state index contributed by atoms with van der Waals surface area (Å²) in [7, 11) is -1.56. The number of aliphatic imine (C=N–C) groups is 1. The van der Waals surface area contributed by atoms with E-state index in [1.54, 1.807) is 32.4 Å². The SMILES string of the molecule is CCNC(=NCc1ccc(S(C)(=O)=O)c(C)c1)NCc1ncc(C)c(OC)c1C. The molecular formula is C21H30N4O3S. The van der Waals surface area contributed by atoms with E-state index in [4.69, 9.17) is 4.74 Å². The van der Waals surface area contributed by atoms with Gasteiger partial charge in [-0.2, -0.15) is 0 Å². The fraction of sp³-hybridized carbons (Fsp3) is 0.429. The first-order valence-corrected chi connectivity index (χ1v) is 11.4. The van der Waals surface area contributed by atoms with Crippen LogP contribution in [0.1, 0.15) is 34.9 Å². The number of hydrogen-bond acceptors (Lipinski definition) is 5. The molecule has 0 aliphatic rings. The number of aryl methyl sites for hydroxylation is 2. The van der Waals surface area contributed by atoms with Crippen molar-refractivity contribution in [1.29, 1.82) is 0 Å². The number of nitrogens with zero attached hydrogens (tertiary/aromatic N) is 2. The molecule has 0 atom stereocenters. The molecule has 2 aromatic rings. The van der Waals surface area contributed by atoms with Crippen molar-refractivity contribution in [2.75, 3.05) is 19.9 Å². The molecular weight excluding hydrogens is 388 g/mol. The number of pyridine rings is 1. The van der Waals surface area contributed by atoms with E-state index in [0.29, 0.717) is 23.9 Å². The lowest BCUT2D eigenvalue weighted by Crippen LogP contribution is -2.37. The molecule has 0 fully saturated rings. The second kappa shape index (κ2) is 9.73. The second-order valence-corrected chi connectivity index (χ2v) is 8.95. The predicted octanol–water partition coefficient (Wildman–Crippen LogP) is 2.67. The van der Waals surface area contributed by atoms with Gasteiger partial charge in [0.2, 0.25) is 0 Å². The van der Waals surface area contributed by atoms with Gasteiger partial charge in [-0.1, -0.05) is 12.1 Å². The molecule has 0 bridgehead atoms. The summed E-state index contributed by atoms with van der Waals surface area (Å²) in [6.07, 6.45) is 3.02. The van der Waals surface area contributed by atoms with E-state index in [1.807, 2.05) is 26.8 Å². The Bertz CT molecular complexity index is 1000. The summed E-state index contributed by atoms with van der Waals surface area (Å²) in [5.74, 6) is 1.51. The van der Waals surface area contributed by atoms with Crippen LogP contribution in [0.25, 0.3) is 0 Å². The Morgan fingerprint density at radius 3 is 2.48 bits per heavy atom. The molecule has 0 aliphatic carbocycles. The molecule has 1 heterocycles. The Hall–Kier alpha value is -2.61. The molecule has 0 aliphatic heterocycles. The van der Waals surface area contributed by atoms with Crippen LogP contribution in [0.4, 0.5) is 0 Å². The summed E-state index contributed by atoms with van der Waals surface area (Å²) in [5.41, 5.74) is 4.57. The zero-order valence-corrected chi connectivity index (χ0v) is 18.8. The first-order chi connectivity index (χ1) is 13.7. The molecule has 1 aromatic heterocycles. The molecule has 29 heavy (non-hydrogen) atoms. The average molecular weight is 419 g/mol. The normalized spacial score (nSPS) is 12.0. The van der Waals surface area contributed by atoms with Crippen LogP contribution in [0.5, 0.6) is 5.75 Å². The van der Waals surface area contributed by atoms with Crippen LogP contribution in [0.3, 0.4) is 0 Å². The topological polar surface area (TPSA) is 92.7 Å². The summed E-state index contributed by atoms with van der Waals surface area (Å²) in [6.45, 7) is 9.43. The largest absolute Gasteiger partial charge is 0.496 e. The average Bonchev–Trinajstić information content (AvgIpc) is 2.64. The van der Waals surface area contributed by atoms with Crippen molar-refractivity contribution >= 4 is 15.8 Å². The Kier molecular flexibility index (Phi) is 7.61. The molecule has 0 radical (unpaired) electrons. The molecule has 0 amide bonds. The van der Waals surface area contributed by atoms with Gasteiger partial charge in [0.05, 0.1) is 30.8 Å². The smallest absolute Gasteiger partial charge is 0.191 e. The Morgan fingerprint density at radius 1 is 1.17 bits per heavy atom. The molecule has 2 rings (SSSR count). The van der Waals surface area contributed by atoms with Crippen molar-refractivity contribution in [3.8, 4) is 5.75 Å². The highest BCUT2D eigenvalue weighted by atomic mass is 32.2. The summed E-state index contributed by atoms with van der Waals surface area (Å²) in [6, 6.07) is 5.30. The van der Waals surface area contributed by atoms with Gasteiger partial charge in [-0.15, -0.1) is 0 Å². The van der Waals surface area contributed by atoms with Crippen molar-refractivity contribution in [2.24, 2.45) is 4.99 Å².